The summed E-state index contributed by atoms with van der Waals surface area (Å²) < 4.78 is 0. The molecule has 1 saturated heterocycles. The van der Waals surface area contributed by atoms with E-state index in [9.17, 15) is 4.79 Å². The second-order valence-electron chi connectivity index (χ2n) is 5.19. The van der Waals surface area contributed by atoms with Crippen LogP contribution in [0, 0.1) is 0 Å². The minimum absolute atomic E-state index is 0. The number of hydrogen-bond donors (Lipinski definition) is 1. The maximum Gasteiger partial charge on any atom is 0.230 e. The summed E-state index contributed by atoms with van der Waals surface area (Å²) >= 11 is 1.65. The molecule has 0 bridgehead atoms. The van der Waals surface area contributed by atoms with Gasteiger partial charge in [0.25, 0.3) is 0 Å². The van der Waals surface area contributed by atoms with Crippen LogP contribution in [0.5, 0.6) is 0 Å². The Kier molecular flexibility index (Phi) is 6.30. The third kappa shape index (κ3) is 3.71. The summed E-state index contributed by atoms with van der Waals surface area (Å²) in [5, 5.41) is 2.03. The molecule has 0 saturated carbocycles. The van der Waals surface area contributed by atoms with Gasteiger partial charge in [0, 0.05) is 23.5 Å². The maximum absolute atomic E-state index is 12.6. The highest BCUT2D eigenvalue weighted by Crippen LogP contribution is 2.27. The third-order valence-electron chi connectivity index (χ3n) is 3.78. The number of amides is 1. The molecule has 0 spiro atoms. The lowest BCUT2D eigenvalue weighted by Gasteiger charge is -2.39. The van der Waals surface area contributed by atoms with Crippen LogP contribution in [0.1, 0.15) is 43.9 Å². The molecule has 1 aliphatic heterocycles. The Morgan fingerprint density at radius 1 is 1.47 bits per heavy atom. The molecule has 0 aliphatic carbocycles. The molecule has 2 heterocycles. The van der Waals surface area contributed by atoms with Gasteiger partial charge in [-0.1, -0.05) is 6.07 Å². The molecule has 1 aliphatic rings. The molecule has 0 radical (unpaired) electrons. The molecular weight excluding hydrogens is 280 g/mol. The van der Waals surface area contributed by atoms with Crippen molar-refractivity contribution in [2.45, 2.75) is 51.1 Å². The Balaban J connectivity index is 0.00000180. The van der Waals surface area contributed by atoms with Crippen LogP contribution < -0.4 is 5.73 Å². The van der Waals surface area contributed by atoms with Gasteiger partial charge in [-0.3, -0.25) is 4.79 Å². The summed E-state index contributed by atoms with van der Waals surface area (Å²) in [6, 6.07) is 4.32. The SMILES string of the molecule is CC(C(=O)N1CCCCC1C(C)N)c1cccs1.Cl. The molecule has 0 aromatic carbocycles. The highest BCUT2D eigenvalue weighted by Gasteiger charge is 2.32. The Bertz CT molecular complexity index is 394. The lowest BCUT2D eigenvalue weighted by Crippen LogP contribution is -2.52. The molecule has 19 heavy (non-hydrogen) atoms. The van der Waals surface area contributed by atoms with Gasteiger partial charge in [-0.05, 0) is 44.6 Å². The molecule has 3 atom stereocenters. The zero-order valence-corrected chi connectivity index (χ0v) is 13.2. The van der Waals surface area contributed by atoms with Gasteiger partial charge >= 0.3 is 0 Å². The zero-order chi connectivity index (χ0) is 13.1. The number of nitrogens with zero attached hydrogens (tertiary/aromatic N) is 1. The number of piperidine rings is 1. The first kappa shape index (κ1) is 16.5. The number of carbonyl (C=O) groups excluding carboxylic acids is 1. The van der Waals surface area contributed by atoms with Crippen LogP contribution in [-0.4, -0.2) is 29.4 Å². The quantitative estimate of drug-likeness (QED) is 0.933. The Morgan fingerprint density at radius 2 is 2.21 bits per heavy atom. The summed E-state index contributed by atoms with van der Waals surface area (Å²) in [6.45, 7) is 4.87. The van der Waals surface area contributed by atoms with Crippen LogP contribution in [0.2, 0.25) is 0 Å². The monoisotopic (exact) mass is 302 g/mol. The van der Waals surface area contributed by atoms with Crippen molar-refractivity contribution in [3.63, 3.8) is 0 Å². The summed E-state index contributed by atoms with van der Waals surface area (Å²) in [4.78, 5) is 15.7. The summed E-state index contributed by atoms with van der Waals surface area (Å²) in [5.74, 6) is 0.198. The van der Waals surface area contributed by atoms with Crippen molar-refractivity contribution in [1.82, 2.24) is 4.90 Å². The predicted molar refractivity (Wildman–Crippen MR) is 83.0 cm³/mol. The number of thiophene rings is 1. The van der Waals surface area contributed by atoms with Crippen LogP contribution in [0.4, 0.5) is 0 Å². The van der Waals surface area contributed by atoms with E-state index in [2.05, 4.69) is 0 Å². The highest BCUT2D eigenvalue weighted by atomic mass is 35.5. The van der Waals surface area contributed by atoms with Crippen LogP contribution in [0.15, 0.2) is 17.5 Å². The zero-order valence-electron chi connectivity index (χ0n) is 11.5. The fourth-order valence-electron chi connectivity index (χ4n) is 2.69. The normalized spacial score (nSPS) is 22.5. The molecule has 2 rings (SSSR count). The minimum atomic E-state index is -0.0376. The van der Waals surface area contributed by atoms with Crippen molar-refractivity contribution in [3.05, 3.63) is 22.4 Å². The molecular formula is C14H23ClN2OS. The van der Waals surface area contributed by atoms with E-state index >= 15 is 0 Å². The fraction of sp³-hybridized carbons (Fsp3) is 0.643. The lowest BCUT2D eigenvalue weighted by atomic mass is 9.95. The van der Waals surface area contributed by atoms with E-state index < -0.39 is 0 Å². The average molecular weight is 303 g/mol. The van der Waals surface area contributed by atoms with Crippen LogP contribution >= 0.6 is 23.7 Å². The van der Waals surface area contributed by atoms with Gasteiger partial charge in [-0.25, -0.2) is 0 Å². The van der Waals surface area contributed by atoms with Crippen LogP contribution in [0.3, 0.4) is 0 Å². The molecule has 1 fully saturated rings. The highest BCUT2D eigenvalue weighted by molar-refractivity contribution is 7.10. The maximum atomic E-state index is 12.6. The first-order chi connectivity index (χ1) is 8.61. The summed E-state index contributed by atoms with van der Waals surface area (Å²) in [5.41, 5.74) is 6.02. The van der Waals surface area contributed by atoms with Crippen molar-refractivity contribution in [2.24, 2.45) is 5.73 Å². The second-order valence-corrected chi connectivity index (χ2v) is 6.17. The number of hydrogen-bond acceptors (Lipinski definition) is 3. The van der Waals surface area contributed by atoms with E-state index in [4.69, 9.17) is 5.73 Å². The Labute approximate surface area is 125 Å². The van der Waals surface area contributed by atoms with Crippen LogP contribution in [0.25, 0.3) is 0 Å². The van der Waals surface area contributed by atoms with E-state index in [-0.39, 0.29) is 36.3 Å². The first-order valence-corrected chi connectivity index (χ1v) is 7.58. The summed E-state index contributed by atoms with van der Waals surface area (Å²) in [6.07, 6.45) is 3.33. The average Bonchev–Trinajstić information content (AvgIpc) is 2.90. The predicted octanol–water partition coefficient (Wildman–Crippen LogP) is 3.00. The van der Waals surface area contributed by atoms with Gasteiger partial charge in [-0.15, -0.1) is 23.7 Å². The number of nitrogens with two attached hydrogens (primary N) is 1. The first-order valence-electron chi connectivity index (χ1n) is 6.70. The van der Waals surface area contributed by atoms with Crippen molar-refractivity contribution in [2.75, 3.05) is 6.54 Å². The molecule has 2 N–H and O–H groups in total. The Morgan fingerprint density at radius 3 is 2.79 bits per heavy atom. The largest absolute Gasteiger partial charge is 0.338 e. The molecule has 3 unspecified atom stereocenters. The second kappa shape index (κ2) is 7.27. The van der Waals surface area contributed by atoms with E-state index in [0.29, 0.717) is 0 Å². The van der Waals surface area contributed by atoms with E-state index in [1.54, 1.807) is 11.3 Å². The molecule has 1 aromatic rings. The van der Waals surface area contributed by atoms with Gasteiger partial charge in [-0.2, -0.15) is 0 Å². The molecule has 5 heteroatoms. The smallest absolute Gasteiger partial charge is 0.230 e. The fourth-order valence-corrected chi connectivity index (χ4v) is 3.46. The number of likely N-dealkylation sites (tertiary alicyclic amines) is 1. The minimum Gasteiger partial charge on any atom is -0.338 e. The number of carbonyl (C=O) groups is 1. The number of rotatable bonds is 3. The van der Waals surface area contributed by atoms with Crippen LogP contribution in [-0.2, 0) is 4.79 Å². The van der Waals surface area contributed by atoms with Crippen molar-refractivity contribution < 1.29 is 4.79 Å². The lowest BCUT2D eigenvalue weighted by molar-refractivity contribution is -0.136. The number of halogens is 1. The van der Waals surface area contributed by atoms with Crippen molar-refractivity contribution in [1.29, 1.82) is 0 Å². The van der Waals surface area contributed by atoms with Gasteiger partial charge in [0.2, 0.25) is 5.91 Å². The molecule has 1 amide bonds. The Hall–Kier alpha value is -0.580. The van der Waals surface area contributed by atoms with Gasteiger partial charge in [0.15, 0.2) is 0 Å². The van der Waals surface area contributed by atoms with Gasteiger partial charge < -0.3 is 10.6 Å². The molecule has 3 nitrogen and oxygen atoms in total. The van der Waals surface area contributed by atoms with Crippen molar-refractivity contribution >= 4 is 29.7 Å². The van der Waals surface area contributed by atoms with E-state index in [1.807, 2.05) is 36.3 Å². The third-order valence-corrected chi connectivity index (χ3v) is 4.83. The molecule has 1 aromatic heterocycles. The standard InChI is InChI=1S/C14H22N2OS.ClH/c1-10(13-7-5-9-18-13)14(17)16-8-4-3-6-12(16)11(2)15;/h5,7,9-12H,3-4,6,8,15H2,1-2H3;1H. The van der Waals surface area contributed by atoms with Gasteiger partial charge in [0.05, 0.1) is 5.92 Å². The van der Waals surface area contributed by atoms with E-state index in [0.717, 1.165) is 24.3 Å². The van der Waals surface area contributed by atoms with Crippen molar-refractivity contribution in [3.8, 4) is 0 Å². The topological polar surface area (TPSA) is 46.3 Å². The molecule has 108 valence electrons. The summed E-state index contributed by atoms with van der Waals surface area (Å²) in [7, 11) is 0. The van der Waals surface area contributed by atoms with Gasteiger partial charge in [0.1, 0.15) is 0 Å². The van der Waals surface area contributed by atoms with E-state index in [1.165, 1.54) is 6.42 Å².